The van der Waals surface area contributed by atoms with Gasteiger partial charge in [-0.2, -0.15) is 5.10 Å². The van der Waals surface area contributed by atoms with E-state index in [4.69, 9.17) is 4.74 Å². The van der Waals surface area contributed by atoms with Crippen LogP contribution in [0.2, 0.25) is 0 Å². The lowest BCUT2D eigenvalue weighted by molar-refractivity contribution is 0.359. The van der Waals surface area contributed by atoms with Gasteiger partial charge < -0.3 is 15.4 Å². The Morgan fingerprint density at radius 1 is 1.32 bits per heavy atom. The molecule has 1 aromatic heterocycles. The van der Waals surface area contributed by atoms with Crippen molar-refractivity contribution in [2.24, 2.45) is 4.99 Å². The average Bonchev–Trinajstić information content (AvgIpc) is 3.12. The molecule has 0 spiro atoms. The minimum atomic E-state index is 0. The zero-order chi connectivity index (χ0) is 17.0. The van der Waals surface area contributed by atoms with Crippen LogP contribution in [0.5, 0.6) is 5.75 Å². The smallest absolute Gasteiger partial charge is 0.191 e. The number of hydrogen-bond donors (Lipinski definition) is 2. The molecular weight excluding hydrogens is 429 g/mol. The lowest BCUT2D eigenvalue weighted by Gasteiger charge is -2.12. The van der Waals surface area contributed by atoms with Crippen LogP contribution in [0.3, 0.4) is 0 Å². The molecule has 1 aromatic carbocycles. The molecule has 0 aliphatic carbocycles. The highest BCUT2D eigenvalue weighted by Gasteiger charge is 2.03. The van der Waals surface area contributed by atoms with Crippen LogP contribution in [0.25, 0.3) is 0 Å². The second kappa shape index (κ2) is 12.3. The fraction of sp³-hybridized carbons (Fsp3) is 0.333. The van der Waals surface area contributed by atoms with E-state index in [0.717, 1.165) is 36.9 Å². The highest BCUT2D eigenvalue weighted by Crippen LogP contribution is 2.18. The van der Waals surface area contributed by atoms with E-state index in [1.165, 1.54) is 0 Å². The van der Waals surface area contributed by atoms with Crippen LogP contribution in [0.4, 0.5) is 0 Å². The quantitative estimate of drug-likeness (QED) is 0.264. The first-order chi connectivity index (χ1) is 11.8. The van der Waals surface area contributed by atoms with Crippen molar-refractivity contribution < 1.29 is 4.74 Å². The van der Waals surface area contributed by atoms with Crippen molar-refractivity contribution in [3.8, 4) is 5.75 Å². The maximum atomic E-state index is 5.67. The molecule has 6 nitrogen and oxygen atoms in total. The van der Waals surface area contributed by atoms with Crippen LogP contribution in [0.15, 0.2) is 60.4 Å². The lowest BCUT2D eigenvalue weighted by Crippen LogP contribution is -2.38. The molecule has 2 aromatic rings. The molecule has 136 valence electrons. The summed E-state index contributed by atoms with van der Waals surface area (Å²) in [5, 5.41) is 10.7. The molecule has 25 heavy (non-hydrogen) atoms. The van der Waals surface area contributed by atoms with Crippen LogP contribution < -0.4 is 15.4 Å². The van der Waals surface area contributed by atoms with Crippen molar-refractivity contribution in [3.05, 3.63) is 60.9 Å². The van der Waals surface area contributed by atoms with Gasteiger partial charge in [-0.3, -0.25) is 4.68 Å². The normalized spacial score (nSPS) is 10.7. The molecule has 0 bridgehead atoms. The lowest BCUT2D eigenvalue weighted by atomic mass is 10.2. The Bertz CT molecular complexity index is 643. The fourth-order valence-corrected chi connectivity index (χ4v) is 2.15. The molecule has 0 aliphatic rings. The fourth-order valence-electron chi connectivity index (χ4n) is 2.15. The van der Waals surface area contributed by atoms with Crippen LogP contribution in [0, 0.1) is 0 Å². The van der Waals surface area contributed by atoms with E-state index in [0.29, 0.717) is 13.2 Å². The van der Waals surface area contributed by atoms with Gasteiger partial charge in [-0.1, -0.05) is 30.9 Å². The first-order valence-corrected chi connectivity index (χ1v) is 8.14. The molecule has 0 aliphatic heterocycles. The summed E-state index contributed by atoms with van der Waals surface area (Å²) in [6.07, 6.45) is 5.46. The molecule has 0 atom stereocenters. The molecule has 0 unspecified atom stereocenters. The van der Waals surface area contributed by atoms with Crippen molar-refractivity contribution >= 4 is 29.9 Å². The van der Waals surface area contributed by atoms with Gasteiger partial charge in [-0.25, -0.2) is 4.99 Å². The Morgan fingerprint density at radius 2 is 2.16 bits per heavy atom. The summed E-state index contributed by atoms with van der Waals surface area (Å²) in [6.45, 7) is 9.11. The van der Waals surface area contributed by atoms with Gasteiger partial charge in [0, 0.05) is 31.0 Å². The second-order valence-corrected chi connectivity index (χ2v) is 5.10. The number of para-hydroxylation sites is 1. The number of aliphatic imine (C=N–C) groups is 1. The third-order valence-corrected chi connectivity index (χ3v) is 3.27. The van der Waals surface area contributed by atoms with E-state index in [1.807, 2.05) is 48.1 Å². The van der Waals surface area contributed by atoms with Crippen molar-refractivity contribution in [2.75, 3.05) is 19.7 Å². The second-order valence-electron chi connectivity index (χ2n) is 5.10. The van der Waals surface area contributed by atoms with Crippen LogP contribution in [0.1, 0.15) is 12.5 Å². The molecule has 0 amide bonds. The number of aromatic nitrogens is 2. The highest BCUT2D eigenvalue weighted by molar-refractivity contribution is 14.0. The predicted molar refractivity (Wildman–Crippen MR) is 113 cm³/mol. The number of rotatable bonds is 9. The Labute approximate surface area is 166 Å². The van der Waals surface area contributed by atoms with Crippen molar-refractivity contribution in [1.29, 1.82) is 0 Å². The zero-order valence-corrected chi connectivity index (χ0v) is 16.8. The maximum absolute atomic E-state index is 5.67. The van der Waals surface area contributed by atoms with Gasteiger partial charge in [-0.05, 0) is 19.1 Å². The summed E-state index contributed by atoms with van der Waals surface area (Å²) in [5.74, 6) is 1.62. The number of ether oxygens (including phenoxy) is 1. The molecule has 1 heterocycles. The number of nitrogens with one attached hydrogen (secondary N) is 2. The first kappa shape index (κ1) is 21.0. The summed E-state index contributed by atoms with van der Waals surface area (Å²) in [5.41, 5.74) is 1.05. The first-order valence-electron chi connectivity index (χ1n) is 8.14. The topological polar surface area (TPSA) is 63.5 Å². The Morgan fingerprint density at radius 3 is 2.88 bits per heavy atom. The number of benzene rings is 1. The van der Waals surface area contributed by atoms with Crippen molar-refractivity contribution in [3.63, 3.8) is 0 Å². The predicted octanol–water partition coefficient (Wildman–Crippen LogP) is 2.82. The number of guanidine groups is 1. The zero-order valence-electron chi connectivity index (χ0n) is 14.5. The van der Waals surface area contributed by atoms with E-state index < -0.39 is 0 Å². The summed E-state index contributed by atoms with van der Waals surface area (Å²) < 4.78 is 7.55. The van der Waals surface area contributed by atoms with E-state index >= 15 is 0 Å². The number of halogens is 1. The average molecular weight is 455 g/mol. The molecular formula is C18H26IN5O. The third-order valence-electron chi connectivity index (χ3n) is 3.27. The van der Waals surface area contributed by atoms with Crippen molar-refractivity contribution in [1.82, 2.24) is 20.4 Å². The molecule has 7 heteroatoms. The van der Waals surface area contributed by atoms with E-state index in [-0.39, 0.29) is 24.0 Å². The molecule has 0 saturated heterocycles. The maximum Gasteiger partial charge on any atom is 0.191 e. The largest absolute Gasteiger partial charge is 0.489 e. The summed E-state index contributed by atoms with van der Waals surface area (Å²) in [7, 11) is 0. The molecule has 0 radical (unpaired) electrons. The van der Waals surface area contributed by atoms with Crippen LogP contribution >= 0.6 is 24.0 Å². The summed E-state index contributed by atoms with van der Waals surface area (Å²) in [4.78, 5) is 4.63. The van der Waals surface area contributed by atoms with Crippen LogP contribution in [-0.4, -0.2) is 35.4 Å². The standard InChI is InChI=1S/C18H25N5O.HI/c1-3-14-24-17-9-6-5-8-16(17)15-21-18(19-4-2)20-11-13-23-12-7-10-22-23;/h3,5-10,12H,1,4,11,13-15H2,2H3,(H2,19,20,21);1H. The van der Waals surface area contributed by atoms with Gasteiger partial charge in [0.1, 0.15) is 12.4 Å². The number of nitrogens with zero attached hydrogens (tertiary/aromatic N) is 3. The van der Waals surface area contributed by atoms with E-state index in [1.54, 1.807) is 12.3 Å². The van der Waals surface area contributed by atoms with Gasteiger partial charge in [0.25, 0.3) is 0 Å². The Balaban J connectivity index is 0.00000312. The molecule has 2 rings (SSSR count). The highest BCUT2D eigenvalue weighted by atomic mass is 127. The summed E-state index contributed by atoms with van der Waals surface area (Å²) in [6, 6.07) is 9.84. The van der Waals surface area contributed by atoms with Crippen LogP contribution in [-0.2, 0) is 13.1 Å². The monoisotopic (exact) mass is 455 g/mol. The van der Waals surface area contributed by atoms with E-state index in [2.05, 4.69) is 27.3 Å². The minimum absolute atomic E-state index is 0. The molecule has 0 saturated carbocycles. The SMILES string of the molecule is C=CCOc1ccccc1CN=C(NCC)NCCn1cccn1.I. The summed E-state index contributed by atoms with van der Waals surface area (Å²) >= 11 is 0. The van der Waals surface area contributed by atoms with Gasteiger partial charge in [-0.15, -0.1) is 24.0 Å². The van der Waals surface area contributed by atoms with Gasteiger partial charge >= 0.3 is 0 Å². The van der Waals surface area contributed by atoms with Gasteiger partial charge in [0.15, 0.2) is 5.96 Å². The molecule has 0 fully saturated rings. The Hall–Kier alpha value is -2.03. The van der Waals surface area contributed by atoms with Gasteiger partial charge in [0.05, 0.1) is 13.1 Å². The third kappa shape index (κ3) is 7.59. The minimum Gasteiger partial charge on any atom is -0.489 e. The number of hydrogen-bond acceptors (Lipinski definition) is 3. The van der Waals surface area contributed by atoms with Gasteiger partial charge in [0.2, 0.25) is 0 Å². The van der Waals surface area contributed by atoms with Crippen molar-refractivity contribution in [2.45, 2.75) is 20.0 Å². The van der Waals surface area contributed by atoms with E-state index in [9.17, 15) is 0 Å². The Kier molecular flexibility index (Phi) is 10.4. The molecule has 2 N–H and O–H groups in total.